The Morgan fingerprint density at radius 2 is 2.23 bits per heavy atom. The Morgan fingerprint density at radius 1 is 1.46 bits per heavy atom. The molecule has 0 amide bonds. The Balaban J connectivity index is 2.77. The van der Waals surface area contributed by atoms with Crippen LogP contribution in [0.5, 0.6) is 0 Å². The molecule has 0 saturated carbocycles. The number of aromatic nitrogens is 3. The first-order valence-electron chi connectivity index (χ1n) is 3.52. The van der Waals surface area contributed by atoms with Gasteiger partial charge in [-0.05, 0) is 12.1 Å². The maximum absolute atomic E-state index is 10.6. The number of carboxylic acids is 1. The van der Waals surface area contributed by atoms with Gasteiger partial charge in [0.15, 0.2) is 0 Å². The zero-order valence-electron chi connectivity index (χ0n) is 6.48. The highest BCUT2D eigenvalue weighted by Gasteiger charge is 2.09. The molecule has 0 bridgehead atoms. The van der Waals surface area contributed by atoms with Gasteiger partial charge in [0.25, 0.3) is 0 Å². The number of aromatic carboxylic acids is 1. The molecule has 0 atom stereocenters. The van der Waals surface area contributed by atoms with E-state index in [4.69, 9.17) is 10.8 Å². The third kappa shape index (κ3) is 1.08. The summed E-state index contributed by atoms with van der Waals surface area (Å²) in [6.07, 6.45) is 0. The van der Waals surface area contributed by atoms with Crippen LogP contribution in [-0.2, 0) is 0 Å². The molecule has 6 heteroatoms. The van der Waals surface area contributed by atoms with E-state index in [0.29, 0.717) is 16.7 Å². The van der Waals surface area contributed by atoms with E-state index in [1.54, 1.807) is 0 Å². The van der Waals surface area contributed by atoms with Gasteiger partial charge < -0.3 is 10.8 Å². The topological polar surface area (TPSA) is 105 Å². The van der Waals surface area contributed by atoms with Gasteiger partial charge in [-0.25, -0.2) is 4.79 Å². The van der Waals surface area contributed by atoms with Crippen LogP contribution >= 0.6 is 0 Å². The molecule has 4 N–H and O–H groups in total. The van der Waals surface area contributed by atoms with E-state index in [-0.39, 0.29) is 5.56 Å². The number of fused-ring (bicyclic) bond motifs is 1. The molecule has 0 fully saturated rings. The molecule has 1 aromatic carbocycles. The lowest BCUT2D eigenvalue weighted by molar-refractivity contribution is 0.0697. The summed E-state index contributed by atoms with van der Waals surface area (Å²) in [4.78, 5) is 10.6. The maximum atomic E-state index is 10.6. The number of anilines is 1. The number of carbonyl (C=O) groups is 1. The molecule has 6 nitrogen and oxygen atoms in total. The minimum Gasteiger partial charge on any atom is -0.478 e. The first-order valence-corrected chi connectivity index (χ1v) is 3.52. The van der Waals surface area contributed by atoms with Gasteiger partial charge in [-0.1, -0.05) is 0 Å². The zero-order valence-corrected chi connectivity index (χ0v) is 6.48. The largest absolute Gasteiger partial charge is 0.478 e. The summed E-state index contributed by atoms with van der Waals surface area (Å²) < 4.78 is 0. The van der Waals surface area contributed by atoms with Crippen molar-refractivity contribution in [3.8, 4) is 0 Å². The van der Waals surface area contributed by atoms with Crippen LogP contribution in [0.25, 0.3) is 11.0 Å². The number of nitrogens with two attached hydrogens (primary N) is 1. The number of aromatic amines is 1. The zero-order chi connectivity index (χ0) is 9.42. The second kappa shape index (κ2) is 2.44. The first-order chi connectivity index (χ1) is 6.18. The molecule has 0 aliphatic heterocycles. The lowest BCUT2D eigenvalue weighted by Gasteiger charge is -1.96. The van der Waals surface area contributed by atoms with Crippen LogP contribution in [0.2, 0.25) is 0 Å². The van der Waals surface area contributed by atoms with Crippen LogP contribution in [-0.4, -0.2) is 26.5 Å². The number of benzene rings is 1. The SMILES string of the molecule is Nc1cc(C(=O)O)cc2n[nH]nc12. The highest BCUT2D eigenvalue weighted by molar-refractivity contribution is 5.96. The Hall–Kier alpha value is -2.11. The van der Waals surface area contributed by atoms with Crippen molar-refractivity contribution in [2.24, 2.45) is 0 Å². The number of hydrogen-bond acceptors (Lipinski definition) is 4. The Labute approximate surface area is 72.4 Å². The summed E-state index contributed by atoms with van der Waals surface area (Å²) in [5.41, 5.74) is 6.92. The number of hydrogen-bond donors (Lipinski definition) is 3. The van der Waals surface area contributed by atoms with Crippen LogP contribution in [0, 0.1) is 0 Å². The van der Waals surface area contributed by atoms with E-state index in [1.165, 1.54) is 12.1 Å². The van der Waals surface area contributed by atoms with E-state index >= 15 is 0 Å². The fraction of sp³-hybridized carbons (Fsp3) is 0. The lowest BCUT2D eigenvalue weighted by Crippen LogP contribution is -1.98. The highest BCUT2D eigenvalue weighted by Crippen LogP contribution is 2.18. The molecule has 0 aliphatic rings. The summed E-state index contributed by atoms with van der Waals surface area (Å²) in [6, 6.07) is 2.77. The Bertz CT molecular complexity index is 476. The molecule has 0 radical (unpaired) electrons. The molecule has 0 aliphatic carbocycles. The third-order valence-corrected chi connectivity index (χ3v) is 1.70. The predicted molar refractivity (Wildman–Crippen MR) is 45.3 cm³/mol. The van der Waals surface area contributed by atoms with Crippen molar-refractivity contribution in [2.45, 2.75) is 0 Å². The second-order valence-electron chi connectivity index (χ2n) is 2.56. The standard InChI is InChI=1S/C7H6N4O2/c8-4-1-3(7(12)13)2-5-6(4)10-11-9-5/h1-2H,8H2,(H,12,13)(H,9,10,11). The number of H-pyrrole nitrogens is 1. The monoisotopic (exact) mass is 178 g/mol. The van der Waals surface area contributed by atoms with Crippen LogP contribution < -0.4 is 5.73 Å². The smallest absolute Gasteiger partial charge is 0.335 e. The van der Waals surface area contributed by atoms with Crippen LogP contribution in [0.4, 0.5) is 5.69 Å². The van der Waals surface area contributed by atoms with Gasteiger partial charge in [0.05, 0.1) is 11.3 Å². The Morgan fingerprint density at radius 3 is 2.92 bits per heavy atom. The second-order valence-corrected chi connectivity index (χ2v) is 2.56. The minimum absolute atomic E-state index is 0.110. The molecule has 1 heterocycles. The van der Waals surface area contributed by atoms with Crippen molar-refractivity contribution in [3.05, 3.63) is 17.7 Å². The quantitative estimate of drug-likeness (QED) is 0.542. The van der Waals surface area contributed by atoms with Crippen molar-refractivity contribution in [3.63, 3.8) is 0 Å². The number of rotatable bonds is 1. The average Bonchev–Trinajstić information content (AvgIpc) is 2.51. The van der Waals surface area contributed by atoms with Crippen LogP contribution in [0.15, 0.2) is 12.1 Å². The maximum Gasteiger partial charge on any atom is 0.335 e. The van der Waals surface area contributed by atoms with E-state index in [2.05, 4.69) is 15.4 Å². The van der Waals surface area contributed by atoms with Crippen molar-refractivity contribution >= 4 is 22.7 Å². The number of nitrogen functional groups attached to an aromatic ring is 1. The van der Waals surface area contributed by atoms with Crippen molar-refractivity contribution in [1.82, 2.24) is 15.4 Å². The van der Waals surface area contributed by atoms with Gasteiger partial charge in [-0.15, -0.1) is 0 Å². The van der Waals surface area contributed by atoms with Crippen molar-refractivity contribution < 1.29 is 9.90 Å². The molecular weight excluding hydrogens is 172 g/mol. The molecule has 0 saturated heterocycles. The predicted octanol–water partition coefficient (Wildman–Crippen LogP) is 0.238. The summed E-state index contributed by atoms with van der Waals surface area (Å²) in [5, 5.41) is 18.6. The summed E-state index contributed by atoms with van der Waals surface area (Å²) >= 11 is 0. The van der Waals surface area contributed by atoms with Crippen molar-refractivity contribution in [2.75, 3.05) is 5.73 Å². The normalized spacial score (nSPS) is 10.5. The average molecular weight is 178 g/mol. The molecule has 2 aromatic rings. The van der Waals surface area contributed by atoms with E-state index in [9.17, 15) is 4.79 Å². The van der Waals surface area contributed by atoms with Gasteiger partial charge in [0.1, 0.15) is 11.0 Å². The molecule has 2 rings (SSSR count). The lowest BCUT2D eigenvalue weighted by atomic mass is 10.2. The molecule has 0 unspecified atom stereocenters. The third-order valence-electron chi connectivity index (χ3n) is 1.70. The minimum atomic E-state index is -1.03. The number of carboxylic acid groups (broad SMARTS) is 1. The van der Waals surface area contributed by atoms with Gasteiger partial charge >= 0.3 is 5.97 Å². The van der Waals surface area contributed by atoms with Gasteiger partial charge in [0, 0.05) is 0 Å². The summed E-state index contributed by atoms with van der Waals surface area (Å²) in [7, 11) is 0. The van der Waals surface area contributed by atoms with E-state index in [0.717, 1.165) is 0 Å². The van der Waals surface area contributed by atoms with Gasteiger partial charge in [0.2, 0.25) is 0 Å². The number of nitrogens with one attached hydrogen (secondary N) is 1. The van der Waals surface area contributed by atoms with Crippen molar-refractivity contribution in [1.29, 1.82) is 0 Å². The Kier molecular flexibility index (Phi) is 1.42. The fourth-order valence-electron chi connectivity index (χ4n) is 1.10. The first kappa shape index (κ1) is 7.53. The molecule has 13 heavy (non-hydrogen) atoms. The van der Waals surface area contributed by atoms with Crippen LogP contribution in [0.1, 0.15) is 10.4 Å². The summed E-state index contributed by atoms with van der Waals surface area (Å²) in [6.45, 7) is 0. The van der Waals surface area contributed by atoms with E-state index in [1.807, 2.05) is 0 Å². The molecule has 1 aromatic heterocycles. The fourth-order valence-corrected chi connectivity index (χ4v) is 1.10. The van der Waals surface area contributed by atoms with Crippen LogP contribution in [0.3, 0.4) is 0 Å². The molecule has 66 valence electrons. The van der Waals surface area contributed by atoms with E-state index < -0.39 is 5.97 Å². The van der Waals surface area contributed by atoms with Gasteiger partial charge in [-0.3, -0.25) is 0 Å². The molecule has 0 spiro atoms. The number of nitrogens with zero attached hydrogens (tertiary/aromatic N) is 2. The van der Waals surface area contributed by atoms with Gasteiger partial charge in [-0.2, -0.15) is 15.4 Å². The summed E-state index contributed by atoms with van der Waals surface area (Å²) in [5.74, 6) is -1.03. The highest BCUT2D eigenvalue weighted by atomic mass is 16.4. The molecular formula is C7H6N4O2.